The summed E-state index contributed by atoms with van der Waals surface area (Å²) in [4.78, 5) is 22.0. The highest BCUT2D eigenvalue weighted by Crippen LogP contribution is 2.44. The van der Waals surface area contributed by atoms with Gasteiger partial charge in [-0.1, -0.05) is 11.6 Å². The van der Waals surface area contributed by atoms with Crippen molar-refractivity contribution in [2.75, 3.05) is 24.2 Å². The predicted octanol–water partition coefficient (Wildman–Crippen LogP) is 0.281. The van der Waals surface area contributed by atoms with E-state index in [2.05, 4.69) is 16.7 Å². The number of nitrogens with zero attached hydrogens (tertiary/aromatic N) is 2. The minimum Gasteiger partial charge on any atom is -0.461 e. The lowest BCUT2D eigenvalue weighted by Crippen LogP contribution is -2.52. The molecule has 1 aliphatic rings. The van der Waals surface area contributed by atoms with E-state index in [1.165, 1.54) is 12.1 Å². The normalized spacial score (nSPS) is 20.6. The van der Waals surface area contributed by atoms with Crippen molar-refractivity contribution in [2.45, 2.75) is 11.6 Å². The Labute approximate surface area is 169 Å². The standard InChI is InChI=1S/C16H17ClN6O6/c17-9-8-16(19,13(22(26)27)7-12(9)21-4-6-25)14-10(18)1-2-11(20-3-5-24)15(14)23(28)29/h1-2,7-8,13,20-21,24-25H,3,5,18-19H2. The van der Waals surface area contributed by atoms with E-state index in [0.717, 1.165) is 12.2 Å². The molecule has 154 valence electrons. The molecule has 0 radical (unpaired) electrons. The second kappa shape index (κ2) is 8.65. The van der Waals surface area contributed by atoms with Crippen molar-refractivity contribution in [1.29, 1.82) is 0 Å². The van der Waals surface area contributed by atoms with Gasteiger partial charge in [-0.3, -0.25) is 20.2 Å². The Morgan fingerprint density at radius 3 is 2.59 bits per heavy atom. The number of hydrogen-bond donors (Lipinski definition) is 6. The van der Waals surface area contributed by atoms with E-state index in [1.54, 1.807) is 6.11 Å². The lowest BCUT2D eigenvalue weighted by atomic mass is 9.78. The quantitative estimate of drug-likeness (QED) is 0.116. The number of nitro benzene ring substituents is 1. The van der Waals surface area contributed by atoms with Crippen LogP contribution in [0.15, 0.2) is 35.0 Å². The van der Waals surface area contributed by atoms with Crippen LogP contribution in [-0.2, 0) is 5.54 Å². The first-order valence-electron chi connectivity index (χ1n) is 8.02. The van der Waals surface area contributed by atoms with Crippen molar-refractivity contribution in [2.24, 2.45) is 5.73 Å². The van der Waals surface area contributed by atoms with E-state index in [9.17, 15) is 20.2 Å². The van der Waals surface area contributed by atoms with E-state index in [0.29, 0.717) is 0 Å². The summed E-state index contributed by atoms with van der Waals surface area (Å²) >= 11 is 6.15. The molecular weight excluding hydrogens is 408 g/mol. The van der Waals surface area contributed by atoms with E-state index in [4.69, 9.17) is 33.3 Å². The van der Waals surface area contributed by atoms with Crippen molar-refractivity contribution < 1.29 is 20.1 Å². The van der Waals surface area contributed by atoms with Crippen LogP contribution in [-0.4, -0.2) is 39.3 Å². The maximum atomic E-state index is 11.8. The molecule has 1 aromatic rings. The van der Waals surface area contributed by atoms with Crippen LogP contribution in [0.3, 0.4) is 0 Å². The molecule has 0 spiro atoms. The third kappa shape index (κ3) is 4.16. The molecule has 0 fully saturated rings. The molecule has 2 unspecified atom stereocenters. The lowest BCUT2D eigenvalue weighted by molar-refractivity contribution is -0.519. The molecule has 0 aromatic heterocycles. The van der Waals surface area contributed by atoms with Gasteiger partial charge in [-0.25, -0.2) is 0 Å². The third-order valence-corrected chi connectivity index (χ3v) is 4.48. The Morgan fingerprint density at radius 2 is 2.03 bits per heavy atom. The van der Waals surface area contributed by atoms with Crippen molar-refractivity contribution in [3.8, 4) is 12.2 Å². The molecule has 1 aliphatic carbocycles. The maximum absolute atomic E-state index is 11.8. The summed E-state index contributed by atoms with van der Waals surface area (Å²) in [5.74, 6) is 0. The fourth-order valence-electron chi connectivity index (χ4n) is 2.98. The molecule has 2 rings (SSSR count). The number of benzene rings is 1. The maximum Gasteiger partial charge on any atom is 0.300 e. The third-order valence-electron chi connectivity index (χ3n) is 4.17. The van der Waals surface area contributed by atoms with Crippen LogP contribution in [0.4, 0.5) is 17.1 Å². The Balaban J connectivity index is 2.76. The molecule has 0 heterocycles. The molecule has 0 saturated heterocycles. The molecule has 29 heavy (non-hydrogen) atoms. The minimum atomic E-state index is -2.08. The Kier molecular flexibility index (Phi) is 6.49. The van der Waals surface area contributed by atoms with Gasteiger partial charge in [0.1, 0.15) is 17.3 Å². The van der Waals surface area contributed by atoms with Crippen LogP contribution in [0.2, 0.25) is 0 Å². The second-order valence-corrected chi connectivity index (χ2v) is 6.34. The first-order valence-corrected chi connectivity index (χ1v) is 8.40. The summed E-state index contributed by atoms with van der Waals surface area (Å²) in [6.45, 7) is -0.317. The minimum absolute atomic E-state index is 0.00761. The highest BCUT2D eigenvalue weighted by molar-refractivity contribution is 6.32. The first kappa shape index (κ1) is 21.8. The Morgan fingerprint density at radius 1 is 1.34 bits per heavy atom. The van der Waals surface area contributed by atoms with Crippen LogP contribution in [0.1, 0.15) is 5.56 Å². The van der Waals surface area contributed by atoms with E-state index in [-0.39, 0.29) is 40.8 Å². The molecule has 0 amide bonds. The lowest BCUT2D eigenvalue weighted by Gasteiger charge is -2.32. The number of aliphatic hydroxyl groups is 2. The smallest absolute Gasteiger partial charge is 0.300 e. The second-order valence-electron chi connectivity index (χ2n) is 5.93. The highest BCUT2D eigenvalue weighted by atomic mass is 35.5. The Hall–Kier alpha value is -3.53. The summed E-state index contributed by atoms with van der Waals surface area (Å²) < 4.78 is 0. The van der Waals surface area contributed by atoms with Crippen LogP contribution in [0, 0.1) is 32.4 Å². The number of rotatable bonds is 7. The van der Waals surface area contributed by atoms with Gasteiger partial charge in [0.05, 0.1) is 33.9 Å². The molecule has 13 heteroatoms. The molecular formula is C16H17ClN6O6. The van der Waals surface area contributed by atoms with Crippen molar-refractivity contribution in [3.05, 3.63) is 60.8 Å². The van der Waals surface area contributed by atoms with Crippen LogP contribution in [0.5, 0.6) is 0 Å². The van der Waals surface area contributed by atoms with Gasteiger partial charge in [0.2, 0.25) is 0 Å². The number of anilines is 2. The molecule has 0 saturated carbocycles. The number of halogens is 1. The summed E-state index contributed by atoms with van der Waals surface area (Å²) in [5.41, 5.74) is 9.12. The number of nitrogen functional groups attached to an aromatic ring is 1. The predicted molar refractivity (Wildman–Crippen MR) is 105 cm³/mol. The monoisotopic (exact) mass is 424 g/mol. The van der Waals surface area contributed by atoms with Gasteiger partial charge >= 0.3 is 0 Å². The number of nitrogens with two attached hydrogens (primary N) is 2. The zero-order valence-electron chi connectivity index (χ0n) is 14.8. The molecule has 0 aliphatic heterocycles. The van der Waals surface area contributed by atoms with E-state index in [1.807, 2.05) is 0 Å². The highest BCUT2D eigenvalue weighted by Gasteiger charge is 2.50. The van der Waals surface area contributed by atoms with Gasteiger partial charge in [-0.05, 0) is 18.2 Å². The molecule has 8 N–H and O–H groups in total. The average Bonchev–Trinajstić information content (AvgIpc) is 2.65. The van der Waals surface area contributed by atoms with Gasteiger partial charge < -0.3 is 32.3 Å². The zero-order valence-corrected chi connectivity index (χ0v) is 15.5. The largest absolute Gasteiger partial charge is 0.461 e. The topological polar surface area (TPSA) is 203 Å². The number of allylic oxidation sites excluding steroid dienone is 1. The van der Waals surface area contributed by atoms with E-state index >= 15 is 0 Å². The average molecular weight is 425 g/mol. The molecule has 2 atom stereocenters. The zero-order chi connectivity index (χ0) is 21.8. The van der Waals surface area contributed by atoms with Gasteiger partial charge in [-0.2, -0.15) is 0 Å². The molecule has 0 bridgehead atoms. The van der Waals surface area contributed by atoms with Crippen LogP contribution >= 0.6 is 11.6 Å². The SMILES string of the molecule is Nc1ccc(NCCO)c([N+](=O)[O-])c1C1(N)C=C(Cl)C(NC#CO)=CC1[N+](=O)[O-]. The van der Waals surface area contributed by atoms with Gasteiger partial charge in [0.15, 0.2) is 0 Å². The molecule has 1 aromatic carbocycles. The molecule has 12 nitrogen and oxygen atoms in total. The van der Waals surface area contributed by atoms with Gasteiger partial charge in [-0.15, -0.1) is 0 Å². The van der Waals surface area contributed by atoms with Gasteiger partial charge in [0, 0.05) is 23.2 Å². The summed E-state index contributed by atoms with van der Waals surface area (Å²) in [5, 5.41) is 46.0. The number of hydrogen-bond acceptors (Lipinski definition) is 10. The van der Waals surface area contributed by atoms with Crippen molar-refractivity contribution >= 4 is 28.7 Å². The van der Waals surface area contributed by atoms with Gasteiger partial charge in [0.25, 0.3) is 11.7 Å². The summed E-state index contributed by atoms with van der Waals surface area (Å²) in [7, 11) is 0. The number of nitro groups is 2. The fourth-order valence-corrected chi connectivity index (χ4v) is 3.28. The number of nitrogens with one attached hydrogen (secondary N) is 2. The number of aliphatic hydroxyl groups excluding tert-OH is 2. The van der Waals surface area contributed by atoms with Crippen molar-refractivity contribution in [1.82, 2.24) is 5.32 Å². The summed E-state index contributed by atoms with van der Waals surface area (Å²) in [6.07, 6.45) is 3.66. The van der Waals surface area contributed by atoms with Crippen LogP contribution in [0.25, 0.3) is 0 Å². The first-order chi connectivity index (χ1) is 13.7. The Bertz CT molecular complexity index is 969. The van der Waals surface area contributed by atoms with Crippen LogP contribution < -0.4 is 22.1 Å². The summed E-state index contributed by atoms with van der Waals surface area (Å²) in [6, 6.07) is 2.99. The van der Waals surface area contributed by atoms with E-state index < -0.39 is 27.1 Å². The van der Waals surface area contributed by atoms with Crippen molar-refractivity contribution in [3.63, 3.8) is 0 Å². The fraction of sp³-hybridized carbons (Fsp3) is 0.250.